The molecule has 146 valence electrons. The normalized spacial score (nSPS) is 14.6. The second-order valence-electron chi connectivity index (χ2n) is 7.03. The second kappa shape index (κ2) is 6.72. The molecule has 2 aromatic heterocycles. The summed E-state index contributed by atoms with van der Waals surface area (Å²) in [4.78, 5) is 19.0. The molecule has 5 N–H and O–H groups in total. The number of hydrogen-bond donors (Lipinski definition) is 3. The minimum atomic E-state index is -0.640. The summed E-state index contributed by atoms with van der Waals surface area (Å²) in [6, 6.07) is 3.46. The zero-order chi connectivity index (χ0) is 20.0. The van der Waals surface area contributed by atoms with Gasteiger partial charge in [0.2, 0.25) is 0 Å². The topological polar surface area (TPSA) is 119 Å². The van der Waals surface area contributed by atoms with Crippen molar-refractivity contribution in [2.45, 2.75) is 13.8 Å². The Kier molecular flexibility index (Phi) is 4.35. The van der Waals surface area contributed by atoms with Crippen LogP contribution in [0.2, 0.25) is 0 Å². The number of rotatable bonds is 3. The number of nitrogens with zero attached hydrogens (tertiary/aromatic N) is 3. The summed E-state index contributed by atoms with van der Waals surface area (Å²) in [5.41, 5.74) is 16.0. The molecule has 1 aliphatic heterocycles. The Labute approximate surface area is 162 Å². The van der Waals surface area contributed by atoms with Crippen LogP contribution >= 0.6 is 0 Å². The molecule has 0 atom stereocenters. The van der Waals surface area contributed by atoms with E-state index in [-0.39, 0.29) is 17.0 Å². The van der Waals surface area contributed by atoms with Crippen molar-refractivity contribution in [3.63, 3.8) is 0 Å². The summed E-state index contributed by atoms with van der Waals surface area (Å²) in [6.07, 6.45) is 3.70. The van der Waals surface area contributed by atoms with E-state index in [9.17, 15) is 9.90 Å². The third-order valence-electron chi connectivity index (χ3n) is 5.27. The fourth-order valence-corrected chi connectivity index (χ4v) is 3.77. The highest BCUT2D eigenvalue weighted by Crippen LogP contribution is 2.38. The number of nitrogens with two attached hydrogens (primary N) is 2. The predicted molar refractivity (Wildman–Crippen MR) is 108 cm³/mol. The highest BCUT2D eigenvalue weighted by Gasteiger charge is 2.23. The number of anilines is 2. The molecule has 1 saturated heterocycles. The Bertz CT molecular complexity index is 1080. The number of phenolic OH excluding ortho intramolecular Hbond substituents is 1. The maximum absolute atomic E-state index is 12.2. The predicted octanol–water partition coefficient (Wildman–Crippen LogP) is 1.84. The van der Waals surface area contributed by atoms with Crippen LogP contribution in [-0.4, -0.2) is 46.7 Å². The van der Waals surface area contributed by atoms with Crippen LogP contribution in [0.1, 0.15) is 21.5 Å². The molecule has 0 radical (unpaired) electrons. The van der Waals surface area contributed by atoms with E-state index in [1.54, 1.807) is 10.5 Å². The molecule has 4 rings (SSSR count). The summed E-state index contributed by atoms with van der Waals surface area (Å²) in [5.74, 6) is 0.269. The Morgan fingerprint density at radius 1 is 1.21 bits per heavy atom. The summed E-state index contributed by atoms with van der Waals surface area (Å²) in [5, 5.41) is 10.2. The lowest BCUT2D eigenvalue weighted by molar-refractivity contribution is 0.100. The lowest BCUT2D eigenvalue weighted by Gasteiger charge is -2.26. The molecule has 1 amide bonds. The molecule has 3 aromatic rings. The zero-order valence-electron chi connectivity index (χ0n) is 15.9. The van der Waals surface area contributed by atoms with Crippen molar-refractivity contribution in [2.24, 2.45) is 5.73 Å². The molecule has 8 nitrogen and oxygen atoms in total. The molecular formula is C20H23N5O3. The highest BCUT2D eigenvalue weighted by molar-refractivity contribution is 6.07. The smallest absolute Gasteiger partial charge is 0.254 e. The second-order valence-corrected chi connectivity index (χ2v) is 7.03. The van der Waals surface area contributed by atoms with Gasteiger partial charge in [-0.15, -0.1) is 0 Å². The summed E-state index contributed by atoms with van der Waals surface area (Å²) >= 11 is 0. The summed E-state index contributed by atoms with van der Waals surface area (Å²) in [6.45, 7) is 6.46. The van der Waals surface area contributed by atoms with E-state index in [1.807, 2.05) is 32.3 Å². The van der Waals surface area contributed by atoms with E-state index in [0.717, 1.165) is 30.0 Å². The van der Waals surface area contributed by atoms with Gasteiger partial charge in [0.05, 0.1) is 25.1 Å². The van der Waals surface area contributed by atoms with Gasteiger partial charge in [0.1, 0.15) is 17.1 Å². The molecule has 28 heavy (non-hydrogen) atoms. The fraction of sp³-hybridized carbons (Fsp3) is 0.300. The number of carbonyl (C=O) groups is 1. The Morgan fingerprint density at radius 3 is 2.61 bits per heavy atom. The first-order valence-corrected chi connectivity index (χ1v) is 9.11. The van der Waals surface area contributed by atoms with E-state index in [0.29, 0.717) is 30.0 Å². The Hall–Kier alpha value is -3.26. The van der Waals surface area contributed by atoms with Gasteiger partial charge in [-0.05, 0) is 36.6 Å². The number of primary amides is 1. The average molecular weight is 381 g/mol. The molecule has 0 spiro atoms. The largest absolute Gasteiger partial charge is 0.508 e. The number of fused-ring (bicyclic) bond motifs is 1. The van der Waals surface area contributed by atoms with Gasteiger partial charge in [0, 0.05) is 24.8 Å². The quantitative estimate of drug-likeness (QED) is 0.637. The number of nitrogen functional groups attached to an aromatic ring is 1. The van der Waals surface area contributed by atoms with E-state index in [2.05, 4.69) is 9.88 Å². The molecule has 0 aliphatic carbocycles. The van der Waals surface area contributed by atoms with Crippen molar-refractivity contribution in [3.05, 3.63) is 41.2 Å². The van der Waals surface area contributed by atoms with Gasteiger partial charge in [0.25, 0.3) is 5.91 Å². The van der Waals surface area contributed by atoms with Crippen LogP contribution in [0.3, 0.4) is 0 Å². The number of aromatic hydroxyl groups is 1. The molecule has 0 unspecified atom stereocenters. The van der Waals surface area contributed by atoms with E-state index >= 15 is 0 Å². The first-order chi connectivity index (χ1) is 13.4. The van der Waals surface area contributed by atoms with Crippen molar-refractivity contribution in [2.75, 3.05) is 36.9 Å². The number of aryl methyl sites for hydroxylation is 1. The van der Waals surface area contributed by atoms with Crippen LogP contribution in [-0.2, 0) is 4.74 Å². The molecule has 1 fully saturated rings. The maximum atomic E-state index is 12.2. The third-order valence-corrected chi connectivity index (χ3v) is 5.27. The van der Waals surface area contributed by atoms with Crippen LogP contribution in [0, 0.1) is 13.8 Å². The van der Waals surface area contributed by atoms with Crippen molar-refractivity contribution in [1.29, 1.82) is 0 Å². The number of carbonyl (C=O) groups excluding carboxylic acids is 1. The molecule has 0 bridgehead atoms. The molecule has 1 aliphatic rings. The van der Waals surface area contributed by atoms with Gasteiger partial charge in [-0.25, -0.2) is 4.98 Å². The summed E-state index contributed by atoms with van der Waals surface area (Å²) in [7, 11) is 0. The Balaban J connectivity index is 1.97. The van der Waals surface area contributed by atoms with Gasteiger partial charge < -0.3 is 30.6 Å². The number of pyridine rings is 1. The molecule has 1 aromatic carbocycles. The van der Waals surface area contributed by atoms with Gasteiger partial charge in [0.15, 0.2) is 5.65 Å². The lowest BCUT2D eigenvalue weighted by atomic mass is 9.93. The van der Waals surface area contributed by atoms with Crippen LogP contribution < -0.4 is 16.4 Å². The average Bonchev–Trinajstić information content (AvgIpc) is 3.09. The first-order valence-electron chi connectivity index (χ1n) is 9.11. The van der Waals surface area contributed by atoms with E-state index in [4.69, 9.17) is 16.2 Å². The highest BCUT2D eigenvalue weighted by atomic mass is 16.5. The van der Waals surface area contributed by atoms with Crippen molar-refractivity contribution in [1.82, 2.24) is 9.38 Å². The summed E-state index contributed by atoms with van der Waals surface area (Å²) < 4.78 is 7.17. The van der Waals surface area contributed by atoms with Crippen LogP contribution in [0.15, 0.2) is 24.5 Å². The van der Waals surface area contributed by atoms with E-state index < -0.39 is 5.91 Å². The molecule has 3 heterocycles. The van der Waals surface area contributed by atoms with Crippen LogP contribution in [0.5, 0.6) is 5.75 Å². The van der Waals surface area contributed by atoms with Crippen molar-refractivity contribution in [3.8, 4) is 16.9 Å². The lowest BCUT2D eigenvalue weighted by Crippen LogP contribution is -2.36. The zero-order valence-corrected chi connectivity index (χ0v) is 15.9. The van der Waals surface area contributed by atoms with Crippen LogP contribution in [0.4, 0.5) is 11.5 Å². The SMILES string of the molecule is Cc1ccc(O)c(C)c1-c1cn2cc(N3CCOCC3)nc2c(C(N)=O)c1N. The number of morpholine rings is 1. The maximum Gasteiger partial charge on any atom is 0.254 e. The van der Waals surface area contributed by atoms with Crippen LogP contribution in [0.25, 0.3) is 16.8 Å². The van der Waals surface area contributed by atoms with Gasteiger partial charge in [-0.3, -0.25) is 4.79 Å². The number of ether oxygens (including phenoxy) is 1. The number of benzene rings is 1. The molecule has 8 heteroatoms. The molecule has 0 saturated carbocycles. The monoisotopic (exact) mass is 381 g/mol. The van der Waals surface area contributed by atoms with Gasteiger partial charge >= 0.3 is 0 Å². The number of aromatic nitrogens is 2. The fourth-order valence-electron chi connectivity index (χ4n) is 3.77. The number of imidazole rings is 1. The third kappa shape index (κ3) is 2.82. The number of hydrogen-bond acceptors (Lipinski definition) is 6. The Morgan fingerprint density at radius 2 is 1.93 bits per heavy atom. The van der Waals surface area contributed by atoms with Crippen molar-refractivity contribution >= 4 is 23.1 Å². The van der Waals surface area contributed by atoms with E-state index in [1.165, 1.54) is 0 Å². The standard InChI is InChI=1S/C20H23N5O3/c1-11-3-4-14(26)12(2)16(11)13-9-25-10-15(24-5-7-28-8-6-24)23-20(25)17(18(13)21)19(22)27/h3-4,9-10,26H,5-8,21H2,1-2H3,(H2,22,27). The number of phenols is 1. The van der Waals surface area contributed by atoms with Crippen molar-refractivity contribution < 1.29 is 14.6 Å². The molecular weight excluding hydrogens is 358 g/mol. The minimum Gasteiger partial charge on any atom is -0.508 e. The van der Waals surface area contributed by atoms with Gasteiger partial charge in [-0.1, -0.05) is 6.07 Å². The van der Waals surface area contributed by atoms with Gasteiger partial charge in [-0.2, -0.15) is 0 Å². The minimum absolute atomic E-state index is 0.167. The first kappa shape index (κ1) is 18.1. The number of amides is 1.